The fourth-order valence-corrected chi connectivity index (χ4v) is 2.01. The lowest BCUT2D eigenvalue weighted by Crippen LogP contribution is -2.24. The maximum Gasteiger partial charge on any atom is 0.258 e. The van der Waals surface area contributed by atoms with Gasteiger partial charge in [0.05, 0.1) is 13.7 Å². The van der Waals surface area contributed by atoms with Gasteiger partial charge in [-0.1, -0.05) is 12.1 Å². The van der Waals surface area contributed by atoms with Crippen LogP contribution in [0.4, 0.5) is 17.5 Å². The molecule has 9 nitrogen and oxygen atoms in total. The molecule has 0 atom stereocenters. The molecule has 0 saturated carbocycles. The van der Waals surface area contributed by atoms with E-state index in [9.17, 15) is 9.59 Å². The lowest BCUT2D eigenvalue weighted by molar-refractivity contribution is -0.116. The molecule has 9 heteroatoms. The Labute approximate surface area is 138 Å². The van der Waals surface area contributed by atoms with Crippen molar-refractivity contribution in [1.29, 1.82) is 0 Å². The van der Waals surface area contributed by atoms with Gasteiger partial charge in [0.2, 0.25) is 17.7 Å². The van der Waals surface area contributed by atoms with Gasteiger partial charge in [0.15, 0.2) is 5.82 Å². The van der Waals surface area contributed by atoms with Crippen LogP contribution in [0.2, 0.25) is 0 Å². The number of rotatable bonds is 7. The maximum atomic E-state index is 11.8. The van der Waals surface area contributed by atoms with E-state index in [4.69, 9.17) is 16.2 Å². The third-order valence-corrected chi connectivity index (χ3v) is 3.02. The Kier molecular flexibility index (Phi) is 5.15. The van der Waals surface area contributed by atoms with Gasteiger partial charge >= 0.3 is 0 Å². The average molecular weight is 330 g/mol. The van der Waals surface area contributed by atoms with Crippen LogP contribution in [-0.2, 0) is 4.79 Å². The molecule has 0 aliphatic heterocycles. The number of aryl methyl sites for hydroxylation is 1. The molecule has 6 N–H and O–H groups in total. The summed E-state index contributed by atoms with van der Waals surface area (Å²) in [5, 5.41) is 5.66. The molecule has 1 heterocycles. The lowest BCUT2D eigenvalue weighted by Gasteiger charge is -2.14. The Bertz CT molecular complexity index is 778. The van der Waals surface area contributed by atoms with Crippen LogP contribution in [0.1, 0.15) is 15.9 Å². The van der Waals surface area contributed by atoms with Crippen molar-refractivity contribution in [2.45, 2.75) is 6.92 Å². The second-order valence-corrected chi connectivity index (χ2v) is 4.96. The van der Waals surface area contributed by atoms with Gasteiger partial charge in [-0.05, 0) is 24.6 Å². The summed E-state index contributed by atoms with van der Waals surface area (Å²) in [6.45, 7) is 1.77. The molecule has 0 spiro atoms. The van der Waals surface area contributed by atoms with Crippen molar-refractivity contribution in [3.8, 4) is 5.88 Å². The fraction of sp³-hybridized carbons (Fsp3) is 0.200. The summed E-state index contributed by atoms with van der Waals surface area (Å²) in [7, 11) is 1.35. The van der Waals surface area contributed by atoms with E-state index in [0.717, 1.165) is 5.56 Å². The normalized spacial score (nSPS) is 10.1. The van der Waals surface area contributed by atoms with E-state index in [0.29, 0.717) is 5.69 Å². The molecule has 0 radical (unpaired) electrons. The first kappa shape index (κ1) is 17.0. The van der Waals surface area contributed by atoms with Crippen LogP contribution in [-0.4, -0.2) is 35.4 Å². The molecule has 1 aromatic heterocycles. The number of amides is 2. The number of hydrogen-bond acceptors (Lipinski definition) is 7. The van der Waals surface area contributed by atoms with Gasteiger partial charge in [0, 0.05) is 5.69 Å². The van der Waals surface area contributed by atoms with Gasteiger partial charge in [0.1, 0.15) is 5.56 Å². The molecule has 2 aromatic rings. The predicted molar refractivity (Wildman–Crippen MR) is 89.2 cm³/mol. The number of primary amides is 2. The van der Waals surface area contributed by atoms with E-state index in [2.05, 4.69) is 20.6 Å². The molecule has 0 saturated heterocycles. The first-order chi connectivity index (χ1) is 11.4. The number of carbonyl (C=O) groups excluding carboxylic acids is 2. The number of carbonyl (C=O) groups is 2. The molecule has 0 aliphatic carbocycles. The molecular formula is C15H18N6O3. The Morgan fingerprint density at radius 1 is 1.25 bits per heavy atom. The topological polar surface area (TPSA) is 145 Å². The van der Waals surface area contributed by atoms with E-state index >= 15 is 0 Å². The van der Waals surface area contributed by atoms with Crippen LogP contribution in [0.5, 0.6) is 5.88 Å². The summed E-state index contributed by atoms with van der Waals surface area (Å²) in [6, 6.07) is 7.46. The maximum absolute atomic E-state index is 11.8. The third-order valence-electron chi connectivity index (χ3n) is 3.02. The molecule has 2 rings (SSSR count). The van der Waals surface area contributed by atoms with Gasteiger partial charge < -0.3 is 26.8 Å². The first-order valence-corrected chi connectivity index (χ1v) is 7.02. The van der Waals surface area contributed by atoms with E-state index in [1.54, 1.807) is 0 Å². The largest absolute Gasteiger partial charge is 0.480 e. The van der Waals surface area contributed by atoms with Gasteiger partial charge in [0.25, 0.3) is 5.91 Å². The number of nitrogens with one attached hydrogen (secondary N) is 2. The van der Waals surface area contributed by atoms with E-state index in [1.807, 2.05) is 31.2 Å². The van der Waals surface area contributed by atoms with E-state index in [1.165, 1.54) is 7.11 Å². The molecule has 24 heavy (non-hydrogen) atoms. The minimum Gasteiger partial charge on any atom is -0.480 e. The molecule has 0 aliphatic rings. The number of nitrogens with zero attached hydrogens (tertiary/aromatic N) is 2. The van der Waals surface area contributed by atoms with Gasteiger partial charge in [-0.25, -0.2) is 0 Å². The summed E-state index contributed by atoms with van der Waals surface area (Å²) in [5.41, 5.74) is 12.2. The van der Waals surface area contributed by atoms with Crippen molar-refractivity contribution < 1.29 is 14.3 Å². The standard InChI is InChI=1S/C15H18N6O3/c1-8-4-3-5-9(6-8)19-13-11(12(17)23)14(24-2)21-15(20-13)18-7-10(16)22/h3-6H,7H2,1-2H3,(H2,16,22)(H2,17,23)(H2,18,19,20,21). The smallest absolute Gasteiger partial charge is 0.258 e. The van der Waals surface area contributed by atoms with Crippen molar-refractivity contribution in [2.24, 2.45) is 11.5 Å². The minimum absolute atomic E-state index is 0.00336. The number of methoxy groups -OCH3 is 1. The Morgan fingerprint density at radius 3 is 2.58 bits per heavy atom. The van der Waals surface area contributed by atoms with Crippen LogP contribution in [0, 0.1) is 6.92 Å². The number of aromatic nitrogens is 2. The fourth-order valence-electron chi connectivity index (χ4n) is 2.01. The summed E-state index contributed by atoms with van der Waals surface area (Å²) < 4.78 is 5.11. The number of benzene rings is 1. The average Bonchev–Trinajstić information content (AvgIpc) is 2.52. The molecule has 1 aromatic carbocycles. The number of hydrogen-bond donors (Lipinski definition) is 4. The van der Waals surface area contributed by atoms with Crippen molar-refractivity contribution in [1.82, 2.24) is 9.97 Å². The van der Waals surface area contributed by atoms with Crippen LogP contribution in [0.3, 0.4) is 0 Å². The second-order valence-electron chi connectivity index (χ2n) is 4.96. The van der Waals surface area contributed by atoms with E-state index < -0.39 is 11.8 Å². The number of nitrogens with two attached hydrogens (primary N) is 2. The summed E-state index contributed by atoms with van der Waals surface area (Å²) in [5.74, 6) is -1.11. The highest BCUT2D eigenvalue weighted by atomic mass is 16.5. The lowest BCUT2D eigenvalue weighted by atomic mass is 10.2. The molecule has 2 amide bonds. The minimum atomic E-state index is -0.747. The van der Waals surface area contributed by atoms with Crippen LogP contribution >= 0.6 is 0 Å². The Hall–Kier alpha value is -3.36. The van der Waals surface area contributed by atoms with Crippen molar-refractivity contribution in [2.75, 3.05) is 24.3 Å². The van der Waals surface area contributed by atoms with Crippen LogP contribution < -0.4 is 26.8 Å². The molecule has 0 fully saturated rings. The summed E-state index contributed by atoms with van der Waals surface area (Å²) in [4.78, 5) is 30.9. The number of anilines is 3. The quantitative estimate of drug-likeness (QED) is 0.579. The van der Waals surface area contributed by atoms with E-state index in [-0.39, 0.29) is 29.8 Å². The Morgan fingerprint density at radius 2 is 2.00 bits per heavy atom. The van der Waals surface area contributed by atoms with Crippen molar-refractivity contribution in [3.63, 3.8) is 0 Å². The van der Waals surface area contributed by atoms with Crippen molar-refractivity contribution in [3.05, 3.63) is 35.4 Å². The van der Waals surface area contributed by atoms with Gasteiger partial charge in [-0.3, -0.25) is 9.59 Å². The van der Waals surface area contributed by atoms with Gasteiger partial charge in [-0.2, -0.15) is 9.97 Å². The SMILES string of the molecule is COc1nc(NCC(N)=O)nc(Nc2cccc(C)c2)c1C(N)=O. The zero-order chi connectivity index (χ0) is 17.7. The molecule has 0 unspecified atom stereocenters. The highest BCUT2D eigenvalue weighted by Gasteiger charge is 2.20. The van der Waals surface area contributed by atoms with Crippen molar-refractivity contribution >= 4 is 29.3 Å². The molecular weight excluding hydrogens is 312 g/mol. The zero-order valence-electron chi connectivity index (χ0n) is 13.3. The first-order valence-electron chi connectivity index (χ1n) is 7.02. The second kappa shape index (κ2) is 7.27. The monoisotopic (exact) mass is 330 g/mol. The van der Waals surface area contributed by atoms with Crippen LogP contribution in [0.15, 0.2) is 24.3 Å². The highest BCUT2D eigenvalue weighted by molar-refractivity contribution is 6.00. The predicted octanol–water partition coefficient (Wildman–Crippen LogP) is 0.533. The van der Waals surface area contributed by atoms with Crippen LogP contribution in [0.25, 0.3) is 0 Å². The highest BCUT2D eigenvalue weighted by Crippen LogP contribution is 2.27. The third kappa shape index (κ3) is 4.09. The molecule has 126 valence electrons. The summed E-state index contributed by atoms with van der Waals surface area (Å²) >= 11 is 0. The summed E-state index contributed by atoms with van der Waals surface area (Å²) in [6.07, 6.45) is 0. The number of ether oxygens (including phenoxy) is 1. The molecule has 0 bridgehead atoms. The zero-order valence-corrected chi connectivity index (χ0v) is 13.3. The Balaban J connectivity index is 2.46. The van der Waals surface area contributed by atoms with Gasteiger partial charge in [-0.15, -0.1) is 0 Å².